The number of benzene rings is 6. The minimum Gasteiger partial charge on any atom is -0.506 e. The molecule has 0 spiro atoms. The summed E-state index contributed by atoms with van der Waals surface area (Å²) in [6.07, 6.45) is 0. The number of carboxylic acids is 1. The molecule has 0 fully saturated rings. The van der Waals surface area contributed by atoms with Crippen LogP contribution in [0.4, 0.5) is 0 Å². The summed E-state index contributed by atoms with van der Waals surface area (Å²) in [5, 5.41) is 64.4. The number of aryl methyl sites for hydroxylation is 3. The molecule has 3 aromatic heterocycles. The molecule has 468 valence electrons. The molecule has 9 aromatic rings. The third-order valence-corrected chi connectivity index (χ3v) is 13.1. The average molecular weight is 1300 g/mol. The molecule has 0 aliphatic rings. The van der Waals surface area contributed by atoms with E-state index in [0.717, 1.165) is 27.8 Å². The zero-order valence-electron chi connectivity index (χ0n) is 50.1. The van der Waals surface area contributed by atoms with Gasteiger partial charge >= 0.3 is 41.9 Å². The number of rotatable bonds is 12. The number of esters is 2. The quantitative estimate of drug-likeness (QED) is 0.0319. The summed E-state index contributed by atoms with van der Waals surface area (Å²) in [6.45, 7) is 14.4. The molecular weight excluding hydrogens is 1230 g/mol. The highest BCUT2D eigenvalue weighted by Gasteiger charge is 2.27. The van der Waals surface area contributed by atoms with Crippen LogP contribution in [0.5, 0.6) is 17.2 Å². The Kier molecular flexibility index (Phi) is 22.6. The van der Waals surface area contributed by atoms with Crippen LogP contribution in [0.2, 0.25) is 0 Å². The predicted octanol–water partition coefficient (Wildman–Crippen LogP) is 7.84. The van der Waals surface area contributed by atoms with E-state index in [1.807, 2.05) is 86.8 Å². The molecule has 0 saturated heterocycles. The van der Waals surface area contributed by atoms with Crippen molar-refractivity contribution in [3.8, 4) is 39.5 Å². The van der Waals surface area contributed by atoms with E-state index in [0.29, 0.717) is 21.1 Å². The Balaban J connectivity index is 0.000000200. The summed E-state index contributed by atoms with van der Waals surface area (Å²) in [6, 6.07) is 36.9. The van der Waals surface area contributed by atoms with Crippen LogP contribution in [0.25, 0.3) is 55.2 Å². The Morgan fingerprint density at radius 3 is 1.11 bits per heavy atom. The van der Waals surface area contributed by atoms with E-state index in [2.05, 4.69) is 26.6 Å². The highest BCUT2D eigenvalue weighted by molar-refractivity contribution is 9.10. The van der Waals surface area contributed by atoms with Crippen molar-refractivity contribution in [2.24, 2.45) is 0 Å². The number of halogens is 1. The van der Waals surface area contributed by atoms with Gasteiger partial charge in [0.25, 0.3) is 17.7 Å². The lowest BCUT2D eigenvalue weighted by atomic mass is 9.80. The molecule has 9 N–H and O–H groups in total. The third-order valence-electron chi connectivity index (χ3n) is 12.5. The smallest absolute Gasteiger partial charge is 0.488 e. The molecule has 0 saturated carbocycles. The van der Waals surface area contributed by atoms with Gasteiger partial charge in [-0.2, -0.15) is 0 Å². The van der Waals surface area contributed by atoms with Crippen molar-refractivity contribution >= 4 is 97.0 Å². The van der Waals surface area contributed by atoms with E-state index in [4.69, 9.17) is 37.9 Å². The maximum Gasteiger partial charge on any atom is 0.488 e. The van der Waals surface area contributed by atoms with E-state index in [9.17, 15) is 58.5 Å². The van der Waals surface area contributed by atoms with E-state index < -0.39 is 124 Å². The van der Waals surface area contributed by atoms with Crippen LogP contribution in [0.3, 0.4) is 0 Å². The molecule has 3 amide bonds. The number of aromatic hydroxyl groups is 3. The van der Waals surface area contributed by atoms with Crippen LogP contribution in [0.1, 0.15) is 89.3 Å². The lowest BCUT2D eigenvalue weighted by Gasteiger charge is -2.19. The summed E-state index contributed by atoms with van der Waals surface area (Å²) in [7, 11) is -1.35. The molecule has 0 bridgehead atoms. The average Bonchev–Trinajstić information content (AvgIpc) is 0.795. The number of para-hydroxylation sites is 3. The zero-order chi connectivity index (χ0) is 66.5. The second kappa shape index (κ2) is 29.6. The van der Waals surface area contributed by atoms with Crippen LogP contribution < -0.4 is 38.3 Å². The van der Waals surface area contributed by atoms with E-state index in [1.54, 1.807) is 96.1 Å². The highest BCUT2D eigenvalue weighted by Crippen LogP contribution is 2.36. The third kappa shape index (κ3) is 18.1. The van der Waals surface area contributed by atoms with Crippen molar-refractivity contribution in [1.82, 2.24) is 16.0 Å². The lowest BCUT2D eigenvalue weighted by Crippen LogP contribution is -2.36. The largest absolute Gasteiger partial charge is 0.506 e. The molecule has 0 radical (unpaired) electrons. The van der Waals surface area contributed by atoms with Gasteiger partial charge in [0.15, 0.2) is 22.3 Å². The van der Waals surface area contributed by atoms with Crippen LogP contribution in [-0.4, -0.2) is 104 Å². The van der Waals surface area contributed by atoms with E-state index in [1.165, 1.54) is 12.1 Å². The molecule has 0 unspecified atom stereocenters. The second-order valence-corrected chi connectivity index (χ2v) is 22.8. The highest BCUT2D eigenvalue weighted by atomic mass is 79.9. The van der Waals surface area contributed by atoms with Gasteiger partial charge in [-0.1, -0.05) is 120 Å². The Labute approximate surface area is 521 Å². The van der Waals surface area contributed by atoms with Gasteiger partial charge in [-0.25, -0.2) is 14.4 Å². The Hall–Kier alpha value is -10.4. The van der Waals surface area contributed by atoms with Gasteiger partial charge in [-0.05, 0) is 119 Å². The summed E-state index contributed by atoms with van der Waals surface area (Å²) >= 11 is 3.20. The molecule has 6 aromatic carbocycles. The van der Waals surface area contributed by atoms with E-state index >= 15 is 0 Å². The fourth-order valence-electron chi connectivity index (χ4n) is 8.33. The summed E-state index contributed by atoms with van der Waals surface area (Å²) in [5.74, 6) is -7.02. The molecule has 23 nitrogen and oxygen atoms in total. The van der Waals surface area contributed by atoms with Crippen LogP contribution in [0, 0.1) is 20.8 Å². The number of hydrogen-bond acceptors (Lipinski definition) is 19. The van der Waals surface area contributed by atoms with Crippen molar-refractivity contribution in [2.45, 2.75) is 73.5 Å². The summed E-state index contributed by atoms with van der Waals surface area (Å²) < 4.78 is 26.4. The first kappa shape index (κ1) is 68.7. The fourth-order valence-corrected chi connectivity index (χ4v) is 8.78. The molecule has 0 atom stereocenters. The van der Waals surface area contributed by atoms with Crippen LogP contribution in [0.15, 0.2) is 160 Å². The monoisotopic (exact) mass is 1300 g/mol. The lowest BCUT2D eigenvalue weighted by molar-refractivity contribution is -0.154. The predicted molar refractivity (Wildman–Crippen MR) is 338 cm³/mol. The summed E-state index contributed by atoms with van der Waals surface area (Å²) in [4.78, 5) is 107. The van der Waals surface area contributed by atoms with E-state index in [-0.39, 0.29) is 32.9 Å². The zero-order valence-corrected chi connectivity index (χ0v) is 51.7. The number of carbonyl (C=O) groups is 6. The standard InChI is InChI=1S/C23H23NO6.C19H15NO6.C16H16BrNO6.C7H9BO2/c1-13-8-10-14(11-9-13)15-6-5-7-16-19(26)18(22(28)29-20(15)16)21(27)24-12-17(25)30-23(2,3)4;1-10-5-7-11(8-6-10)12-3-2-4-13-16(23)15(19(25)26-17(12)13)18(24)20-9-14(21)22;1-16(2,3)24-10(19)7-18-14(21)11-12(20)8-5-4-6-9(17)13(8)23-15(11)22;1-6-2-4-7(5-3-6)8(9)10/h5-11,26H,12H2,1-4H3,(H,24,27);2-8,23H,9H2,1H3,(H,20,24)(H,21,22);4-6,20H,7H2,1-3H3,(H,18,21);2-5,9-10H,1H3. The number of amides is 3. The number of aliphatic carboxylic acids is 1. The first-order valence-corrected chi connectivity index (χ1v) is 28.1. The van der Waals surface area contributed by atoms with Crippen molar-refractivity contribution < 1.29 is 82.0 Å². The van der Waals surface area contributed by atoms with Crippen molar-refractivity contribution in [1.29, 1.82) is 0 Å². The molecule has 9 rings (SSSR count). The molecular formula is C65H63BBrN3O20. The SMILES string of the molecule is CC(C)(C)OC(=O)CNC(=O)c1c(O)c2cccc(Br)c2oc1=O.Cc1ccc(-c2cccc3c(O)c(C(=O)NCC(=O)O)c(=O)oc23)cc1.Cc1ccc(-c2cccc3c(O)c(C(=O)NCC(=O)OC(C)(C)C)c(=O)oc23)cc1.Cc1ccc(B(O)O)cc1. The maximum atomic E-state index is 12.5. The number of ether oxygens (including phenoxy) is 2. The topological polar surface area (TPSA) is 369 Å². The minimum absolute atomic E-state index is 0.128. The minimum atomic E-state index is -1.35. The van der Waals surface area contributed by atoms with Crippen LogP contribution in [-0.2, 0) is 23.9 Å². The number of nitrogens with one attached hydrogen (secondary N) is 3. The van der Waals surface area contributed by atoms with Gasteiger partial charge < -0.3 is 69.1 Å². The maximum absolute atomic E-state index is 12.5. The van der Waals surface area contributed by atoms with Crippen molar-refractivity contribution in [3.05, 3.63) is 197 Å². The number of hydrogen-bond donors (Lipinski definition) is 9. The van der Waals surface area contributed by atoms with Crippen LogP contribution >= 0.6 is 15.9 Å². The number of fused-ring (bicyclic) bond motifs is 3. The fraction of sp³-hybridized carbons (Fsp3) is 0.215. The van der Waals surface area contributed by atoms with Gasteiger partial charge in [-0.15, -0.1) is 0 Å². The number of carbonyl (C=O) groups excluding carboxylic acids is 5. The normalized spacial score (nSPS) is 10.9. The van der Waals surface area contributed by atoms with Gasteiger partial charge in [0.2, 0.25) is 0 Å². The van der Waals surface area contributed by atoms with Gasteiger partial charge in [0, 0.05) is 11.1 Å². The Morgan fingerprint density at radius 2 is 0.778 bits per heavy atom. The second-order valence-electron chi connectivity index (χ2n) is 22.0. The van der Waals surface area contributed by atoms with Crippen molar-refractivity contribution in [3.63, 3.8) is 0 Å². The Morgan fingerprint density at radius 1 is 0.467 bits per heavy atom. The van der Waals surface area contributed by atoms with Gasteiger partial charge in [0.05, 0.1) is 20.6 Å². The first-order valence-electron chi connectivity index (χ1n) is 27.3. The molecule has 0 aliphatic heterocycles. The Bertz CT molecular complexity index is 4350. The summed E-state index contributed by atoms with van der Waals surface area (Å²) in [5.41, 5.74) is 0.818. The number of carboxylic acid groups (broad SMARTS) is 1. The molecule has 3 heterocycles. The molecule has 25 heteroatoms. The van der Waals surface area contributed by atoms with Gasteiger partial charge in [0.1, 0.15) is 59.3 Å². The van der Waals surface area contributed by atoms with Gasteiger partial charge in [-0.3, -0.25) is 28.8 Å². The molecule has 0 aliphatic carbocycles. The van der Waals surface area contributed by atoms with Crippen molar-refractivity contribution in [2.75, 3.05) is 19.6 Å². The first-order chi connectivity index (χ1) is 42.2. The molecule has 90 heavy (non-hydrogen) atoms.